The summed E-state index contributed by atoms with van der Waals surface area (Å²) in [6.07, 6.45) is 7.34. The lowest BCUT2D eigenvalue weighted by molar-refractivity contribution is -0.176. The first kappa shape index (κ1) is 31.7. The van der Waals surface area contributed by atoms with Gasteiger partial charge in [-0.25, -0.2) is 9.59 Å². The Morgan fingerprint density at radius 3 is 2.64 bits per heavy atom. The number of aromatic nitrogens is 1. The lowest BCUT2D eigenvalue weighted by Crippen LogP contribution is -2.62. The summed E-state index contributed by atoms with van der Waals surface area (Å²) in [5, 5.41) is 15.9. The second-order valence-corrected chi connectivity index (χ2v) is 13.1. The first-order valence-electron chi connectivity index (χ1n) is 15.6. The predicted octanol–water partition coefficient (Wildman–Crippen LogP) is 2.03. The number of amides is 5. The summed E-state index contributed by atoms with van der Waals surface area (Å²) < 4.78 is 4.95. The van der Waals surface area contributed by atoms with Gasteiger partial charge in [0.15, 0.2) is 6.04 Å². The first-order valence-corrected chi connectivity index (χ1v) is 16.6. The molecule has 1 aromatic carbocycles. The van der Waals surface area contributed by atoms with Crippen molar-refractivity contribution >= 4 is 52.4 Å². The smallest absolute Gasteiger partial charge is 0.332 e. The normalized spacial score (nSPS) is 24.4. The minimum Gasteiger partial charge on any atom is -0.458 e. The van der Waals surface area contributed by atoms with Gasteiger partial charge in [-0.2, -0.15) is 11.8 Å². The summed E-state index contributed by atoms with van der Waals surface area (Å²) in [5.41, 5.74) is 1.84. The van der Waals surface area contributed by atoms with E-state index in [1.165, 1.54) is 0 Å². The van der Waals surface area contributed by atoms with Crippen LogP contribution >= 0.6 is 11.8 Å². The summed E-state index contributed by atoms with van der Waals surface area (Å²) in [4.78, 5) is 64.7. The maximum atomic E-state index is 13.1. The quantitative estimate of drug-likeness (QED) is 0.0941. The molecule has 0 unspecified atom stereocenters. The van der Waals surface area contributed by atoms with E-state index >= 15 is 0 Å². The van der Waals surface area contributed by atoms with Crippen LogP contribution in [0.3, 0.4) is 0 Å². The van der Waals surface area contributed by atoms with Gasteiger partial charge >= 0.3 is 12.0 Å². The average molecular weight is 627 g/mol. The van der Waals surface area contributed by atoms with Gasteiger partial charge < -0.3 is 36.3 Å². The van der Waals surface area contributed by atoms with Crippen LogP contribution < -0.4 is 26.6 Å². The van der Waals surface area contributed by atoms with E-state index in [9.17, 15) is 24.0 Å². The highest BCUT2D eigenvalue weighted by Crippen LogP contribution is 2.33. The second-order valence-electron chi connectivity index (χ2n) is 11.8. The zero-order valence-corrected chi connectivity index (χ0v) is 25.8. The van der Waals surface area contributed by atoms with Gasteiger partial charge in [-0.05, 0) is 44.2 Å². The van der Waals surface area contributed by atoms with Crippen LogP contribution in [0, 0.1) is 0 Å². The zero-order valence-electron chi connectivity index (χ0n) is 25.0. The number of rotatable bonds is 16. The molecule has 6 N–H and O–H groups in total. The molecule has 0 radical (unpaired) electrons. The van der Waals surface area contributed by atoms with Gasteiger partial charge in [0.05, 0.1) is 12.1 Å². The molecule has 1 aromatic heterocycles. The molecule has 3 aliphatic rings. The molecule has 0 aliphatic carbocycles. The van der Waals surface area contributed by atoms with E-state index in [1.807, 2.05) is 42.2 Å². The maximum absolute atomic E-state index is 13.1. The van der Waals surface area contributed by atoms with E-state index in [0.29, 0.717) is 24.6 Å². The van der Waals surface area contributed by atoms with Gasteiger partial charge in [-0.15, -0.1) is 0 Å². The number of ether oxygens (including phenoxy) is 1. The molecule has 4 heterocycles. The molecule has 0 spiro atoms. The van der Waals surface area contributed by atoms with E-state index in [4.69, 9.17) is 4.74 Å². The highest BCUT2D eigenvalue weighted by Gasteiger charge is 2.43. The Labute approximate surface area is 260 Å². The number of carbonyl (C=O) groups excluding carboxylic acids is 5. The van der Waals surface area contributed by atoms with Gasteiger partial charge in [-0.3, -0.25) is 14.4 Å². The van der Waals surface area contributed by atoms with E-state index in [2.05, 4.69) is 31.6 Å². The third-order valence-electron chi connectivity index (χ3n) is 8.56. The van der Waals surface area contributed by atoms with E-state index in [-0.39, 0.29) is 42.8 Å². The number of cyclic esters (lactones) is 1. The molecule has 0 bridgehead atoms. The largest absolute Gasteiger partial charge is 0.458 e. The summed E-state index contributed by atoms with van der Waals surface area (Å²) in [5.74, 6) is -0.165. The number of benzene rings is 1. The van der Waals surface area contributed by atoms with Crippen LogP contribution in [0.4, 0.5) is 4.79 Å². The second kappa shape index (κ2) is 14.8. The number of para-hydroxylation sites is 1. The van der Waals surface area contributed by atoms with Crippen LogP contribution in [-0.4, -0.2) is 82.5 Å². The van der Waals surface area contributed by atoms with Gasteiger partial charge in [0.25, 0.3) is 0 Å². The molecule has 3 saturated heterocycles. The number of nitrogens with one attached hydrogen (secondary N) is 6. The van der Waals surface area contributed by atoms with Crippen molar-refractivity contribution in [3.63, 3.8) is 0 Å². The van der Waals surface area contributed by atoms with Crippen molar-refractivity contribution in [3.8, 4) is 0 Å². The molecule has 3 fully saturated rings. The fraction of sp³-hybridized carbons (Fsp3) is 0.581. The van der Waals surface area contributed by atoms with Crippen LogP contribution in [0.1, 0.15) is 63.9 Å². The molecular weight excluding hydrogens is 584 g/mol. The van der Waals surface area contributed by atoms with Gasteiger partial charge in [0, 0.05) is 53.9 Å². The fourth-order valence-corrected chi connectivity index (χ4v) is 7.59. The molecule has 44 heavy (non-hydrogen) atoms. The molecule has 12 nitrogen and oxygen atoms in total. The van der Waals surface area contributed by atoms with Crippen molar-refractivity contribution in [2.24, 2.45) is 0 Å². The summed E-state index contributed by atoms with van der Waals surface area (Å²) in [6, 6.07) is 6.53. The molecule has 13 heteroatoms. The summed E-state index contributed by atoms with van der Waals surface area (Å²) in [7, 11) is 0. The van der Waals surface area contributed by atoms with Crippen molar-refractivity contribution in [3.05, 3.63) is 36.0 Å². The van der Waals surface area contributed by atoms with E-state index < -0.39 is 30.1 Å². The molecular formula is C31H42N6O6S. The Morgan fingerprint density at radius 1 is 1.02 bits per heavy atom. The van der Waals surface area contributed by atoms with Crippen LogP contribution in [0.15, 0.2) is 30.5 Å². The average Bonchev–Trinajstić information content (AvgIpc) is 3.70. The third kappa shape index (κ3) is 8.04. The van der Waals surface area contributed by atoms with Crippen molar-refractivity contribution in [1.82, 2.24) is 31.6 Å². The number of esters is 1. The molecule has 0 saturated carbocycles. The highest BCUT2D eigenvalue weighted by atomic mass is 32.2. The van der Waals surface area contributed by atoms with Crippen molar-refractivity contribution in [1.29, 1.82) is 0 Å². The maximum Gasteiger partial charge on any atom is 0.332 e. The topological polar surface area (TPSA) is 171 Å². The molecule has 5 amide bonds. The number of aromatic amines is 1. The van der Waals surface area contributed by atoms with Gasteiger partial charge in [0.2, 0.25) is 17.7 Å². The van der Waals surface area contributed by atoms with Crippen molar-refractivity contribution < 1.29 is 28.7 Å². The molecule has 3 aliphatic heterocycles. The summed E-state index contributed by atoms with van der Waals surface area (Å²) in [6.45, 7) is 2.27. The first-order chi connectivity index (χ1) is 21.3. The zero-order chi connectivity index (χ0) is 31.1. The van der Waals surface area contributed by atoms with Crippen molar-refractivity contribution in [2.45, 2.75) is 100 Å². The number of thioether (sulfide) groups is 1. The Kier molecular flexibility index (Phi) is 10.7. The highest BCUT2D eigenvalue weighted by molar-refractivity contribution is 8.00. The number of carbonyl (C=O) groups is 5. The number of hydrogen-bond donors (Lipinski definition) is 6. The predicted molar refractivity (Wildman–Crippen MR) is 167 cm³/mol. The van der Waals surface area contributed by atoms with Crippen LogP contribution in [0.25, 0.3) is 10.9 Å². The number of H-pyrrole nitrogens is 1. The van der Waals surface area contributed by atoms with Gasteiger partial charge in [0.1, 0.15) is 12.1 Å². The molecule has 6 atom stereocenters. The Bertz CT molecular complexity index is 1370. The number of unbranched alkanes of at least 4 members (excludes halogenated alkanes) is 3. The van der Waals surface area contributed by atoms with E-state index in [1.54, 1.807) is 6.92 Å². The minimum atomic E-state index is -0.844. The fourth-order valence-electron chi connectivity index (χ4n) is 6.05. The molecule has 2 aromatic rings. The van der Waals surface area contributed by atoms with Crippen LogP contribution in [0.2, 0.25) is 0 Å². The molecule has 5 rings (SSSR count). The Balaban J connectivity index is 0.974. The van der Waals surface area contributed by atoms with Gasteiger partial charge in [-0.1, -0.05) is 31.0 Å². The summed E-state index contributed by atoms with van der Waals surface area (Å²) >= 11 is 1.89. The minimum absolute atomic E-state index is 0.0336. The lowest BCUT2D eigenvalue weighted by Gasteiger charge is -2.33. The lowest BCUT2D eigenvalue weighted by atomic mass is 10.0. The number of urea groups is 1. The Hall–Kier alpha value is -3.74. The standard InChI is InChI=1S/C31H42N6O6S/c1-18-27(30(41)43-18)36-29(40)22(15-19-16-33-21-10-5-4-9-20(19)21)34-26(39)13-3-2-8-14-32-25(38)12-7-6-11-24-28-23(17-44-24)35-31(42)37-28/h4-5,9-10,16,18,22-24,27-28,33H,2-3,6-8,11-15,17H2,1H3,(H,32,38)(H,34,39)(H,36,40)(H2,35,37,42)/t18-,22+,23+,24+,27+,28+/m1/s1. The van der Waals surface area contributed by atoms with E-state index in [0.717, 1.165) is 54.3 Å². The number of hydrogen-bond acceptors (Lipinski definition) is 7. The third-order valence-corrected chi connectivity index (χ3v) is 10.1. The van der Waals surface area contributed by atoms with Crippen molar-refractivity contribution in [2.75, 3.05) is 12.3 Å². The Morgan fingerprint density at radius 2 is 1.82 bits per heavy atom. The number of fused-ring (bicyclic) bond motifs is 2. The molecule has 238 valence electrons. The van der Waals surface area contributed by atoms with Crippen LogP contribution in [-0.2, 0) is 30.3 Å². The monoisotopic (exact) mass is 626 g/mol. The van der Waals surface area contributed by atoms with Crippen LogP contribution in [0.5, 0.6) is 0 Å². The SMILES string of the molecule is C[C@H]1OC(=O)[C@H]1NC(=O)[C@H](Cc1c[nH]c2ccccc12)NC(=O)CCCCCNC(=O)CCCC[C@@H]1SC[C@@H]2NC(=O)N[C@@H]21.